The van der Waals surface area contributed by atoms with Crippen LogP contribution in [0.1, 0.15) is 38.3 Å². The third-order valence-electron chi connectivity index (χ3n) is 6.56. The number of hydrogen-bond donors (Lipinski definition) is 3. The van der Waals surface area contributed by atoms with E-state index in [-0.39, 0.29) is 38.1 Å². The molecule has 0 aliphatic carbocycles. The zero-order valence-electron chi connectivity index (χ0n) is 23.7. The van der Waals surface area contributed by atoms with Crippen LogP contribution in [0.25, 0.3) is 0 Å². The lowest BCUT2D eigenvalue weighted by molar-refractivity contribution is -0.143. The van der Waals surface area contributed by atoms with Crippen molar-refractivity contribution in [3.05, 3.63) is 71.8 Å². The lowest BCUT2D eigenvalue weighted by Gasteiger charge is -2.41. The van der Waals surface area contributed by atoms with Gasteiger partial charge in [-0.15, -0.1) is 0 Å². The Labute approximate surface area is 240 Å². The number of aliphatic hydroxyl groups is 1. The van der Waals surface area contributed by atoms with Crippen molar-refractivity contribution >= 4 is 11.9 Å². The number of esters is 2. The second kappa shape index (κ2) is 21.0. The number of nitrogens with one attached hydrogen (secondary N) is 2. The molecule has 2 heterocycles. The zero-order chi connectivity index (χ0) is 28.3. The Balaban J connectivity index is 0.000000447. The number of aliphatic hydroxyl groups excluding tert-OH is 1. The summed E-state index contributed by atoms with van der Waals surface area (Å²) in [6, 6.07) is 21.4. The highest BCUT2D eigenvalue weighted by Crippen LogP contribution is 2.19. The van der Waals surface area contributed by atoms with Crippen LogP contribution in [0.5, 0.6) is 0 Å². The normalized spacial score (nSPS) is 19.0. The summed E-state index contributed by atoms with van der Waals surface area (Å²) < 4.78 is 9.47. The molecule has 0 saturated carbocycles. The standard InChI is InChI=1S/C21H26N2O2.C7H14N2O2.C2H6O.CH4/c1-25-21(24)14-20-17-22(15-18-8-4-2-5-9-18)12-13-23(20)16-19-10-6-3-7-11-19;1-11-7(10)4-6-5-8-2-3-9-6;1-2-3;/h2-11,20H,12-17H2,1H3;6,8-9H,2-5H2,1H3;3H,2H2,1H3;1H4. The van der Waals surface area contributed by atoms with Gasteiger partial charge in [-0.25, -0.2) is 0 Å². The number of methoxy groups -OCH3 is 2. The topological polar surface area (TPSA) is 103 Å². The molecule has 2 aliphatic rings. The average molecular weight is 559 g/mol. The van der Waals surface area contributed by atoms with Crippen LogP contribution in [-0.4, -0.2) is 99.0 Å². The van der Waals surface area contributed by atoms with Crippen molar-refractivity contribution in [3.63, 3.8) is 0 Å². The molecule has 2 aliphatic heterocycles. The van der Waals surface area contributed by atoms with Gasteiger partial charge >= 0.3 is 11.9 Å². The largest absolute Gasteiger partial charge is 0.469 e. The van der Waals surface area contributed by atoms with E-state index in [4.69, 9.17) is 9.84 Å². The highest BCUT2D eigenvalue weighted by molar-refractivity contribution is 5.70. The molecule has 2 saturated heterocycles. The minimum Gasteiger partial charge on any atom is -0.469 e. The summed E-state index contributed by atoms with van der Waals surface area (Å²) in [6.07, 6.45) is 0.901. The molecular weight excluding hydrogens is 508 g/mol. The van der Waals surface area contributed by atoms with Gasteiger partial charge in [0.25, 0.3) is 0 Å². The van der Waals surface area contributed by atoms with Crippen LogP contribution in [0.4, 0.5) is 0 Å². The number of carbonyl (C=O) groups is 2. The SMILES string of the molecule is C.CCO.COC(=O)CC1CN(Cc2ccccc2)CCN1Cc1ccccc1.COC(=O)CC1CNCCN1. The van der Waals surface area contributed by atoms with Crippen molar-refractivity contribution in [1.82, 2.24) is 20.4 Å². The van der Waals surface area contributed by atoms with Gasteiger partial charge in [-0.1, -0.05) is 68.1 Å². The molecule has 0 spiro atoms. The number of ether oxygens (including phenoxy) is 2. The molecule has 4 rings (SSSR count). The van der Waals surface area contributed by atoms with E-state index in [0.29, 0.717) is 12.8 Å². The average Bonchev–Trinajstić information content (AvgIpc) is 2.97. The fourth-order valence-electron chi connectivity index (χ4n) is 4.58. The summed E-state index contributed by atoms with van der Waals surface area (Å²) in [7, 11) is 2.88. The second-order valence-corrected chi connectivity index (χ2v) is 9.56. The molecule has 224 valence electrons. The first-order valence-electron chi connectivity index (χ1n) is 13.7. The van der Waals surface area contributed by atoms with Gasteiger partial charge in [0.15, 0.2) is 0 Å². The summed E-state index contributed by atoms with van der Waals surface area (Å²) in [6.45, 7) is 9.37. The fourth-order valence-corrected chi connectivity index (χ4v) is 4.58. The van der Waals surface area contributed by atoms with E-state index in [1.165, 1.54) is 25.3 Å². The lowest BCUT2D eigenvalue weighted by atomic mass is 10.1. The predicted molar refractivity (Wildman–Crippen MR) is 160 cm³/mol. The van der Waals surface area contributed by atoms with Gasteiger partial charge in [0, 0.05) is 71.0 Å². The molecule has 0 radical (unpaired) electrons. The quantitative estimate of drug-likeness (QED) is 0.422. The molecule has 9 nitrogen and oxygen atoms in total. The Kier molecular flexibility index (Phi) is 18.5. The van der Waals surface area contributed by atoms with E-state index in [2.05, 4.69) is 73.7 Å². The Bertz CT molecular complexity index is 926. The van der Waals surface area contributed by atoms with Crippen LogP contribution in [0.3, 0.4) is 0 Å². The van der Waals surface area contributed by atoms with Crippen molar-refractivity contribution in [2.75, 3.05) is 60.1 Å². The molecule has 2 aromatic carbocycles. The smallest absolute Gasteiger partial charge is 0.307 e. The van der Waals surface area contributed by atoms with Crippen LogP contribution < -0.4 is 10.6 Å². The summed E-state index contributed by atoms with van der Waals surface area (Å²) in [5, 5.41) is 14.0. The molecule has 2 aromatic rings. The van der Waals surface area contributed by atoms with Gasteiger partial charge in [0.05, 0.1) is 27.1 Å². The van der Waals surface area contributed by atoms with Gasteiger partial charge in [-0.05, 0) is 18.1 Å². The highest BCUT2D eigenvalue weighted by Gasteiger charge is 2.29. The molecule has 2 atom stereocenters. The summed E-state index contributed by atoms with van der Waals surface area (Å²) >= 11 is 0. The summed E-state index contributed by atoms with van der Waals surface area (Å²) in [5.41, 5.74) is 2.60. The maximum atomic E-state index is 11.9. The van der Waals surface area contributed by atoms with Crippen LogP contribution in [0.2, 0.25) is 0 Å². The Hall–Kier alpha value is -2.82. The first kappa shape index (κ1) is 35.2. The number of carbonyl (C=O) groups excluding carboxylic acids is 2. The van der Waals surface area contributed by atoms with Crippen LogP contribution in [-0.2, 0) is 32.2 Å². The molecule has 0 amide bonds. The third-order valence-corrected chi connectivity index (χ3v) is 6.56. The van der Waals surface area contributed by atoms with Crippen molar-refractivity contribution in [2.24, 2.45) is 0 Å². The van der Waals surface area contributed by atoms with Crippen molar-refractivity contribution in [2.45, 2.75) is 52.4 Å². The molecule has 2 fully saturated rings. The second-order valence-electron chi connectivity index (χ2n) is 9.56. The van der Waals surface area contributed by atoms with Gasteiger partial charge in [-0.3, -0.25) is 19.4 Å². The molecule has 3 N–H and O–H groups in total. The van der Waals surface area contributed by atoms with E-state index in [1.54, 1.807) is 6.92 Å². The molecular formula is C31H50N4O5. The number of piperazine rings is 2. The van der Waals surface area contributed by atoms with Gasteiger partial charge in [0.2, 0.25) is 0 Å². The van der Waals surface area contributed by atoms with Crippen molar-refractivity contribution in [1.29, 1.82) is 0 Å². The van der Waals surface area contributed by atoms with Gasteiger partial charge in [0.1, 0.15) is 0 Å². The number of rotatable bonds is 8. The van der Waals surface area contributed by atoms with E-state index in [1.807, 2.05) is 12.1 Å². The highest BCUT2D eigenvalue weighted by atomic mass is 16.5. The van der Waals surface area contributed by atoms with Crippen LogP contribution >= 0.6 is 0 Å². The van der Waals surface area contributed by atoms with E-state index in [0.717, 1.165) is 52.4 Å². The van der Waals surface area contributed by atoms with E-state index < -0.39 is 0 Å². The van der Waals surface area contributed by atoms with E-state index >= 15 is 0 Å². The Morgan fingerprint density at radius 2 is 1.43 bits per heavy atom. The number of benzene rings is 2. The molecule has 2 unspecified atom stereocenters. The summed E-state index contributed by atoms with van der Waals surface area (Å²) in [5.74, 6) is -0.282. The Morgan fingerprint density at radius 3 is 1.95 bits per heavy atom. The van der Waals surface area contributed by atoms with Crippen LogP contribution in [0.15, 0.2) is 60.7 Å². The maximum absolute atomic E-state index is 11.9. The van der Waals surface area contributed by atoms with Crippen molar-refractivity contribution < 1.29 is 24.2 Å². The van der Waals surface area contributed by atoms with Gasteiger partial charge in [-0.2, -0.15) is 0 Å². The zero-order valence-corrected chi connectivity index (χ0v) is 23.7. The molecule has 0 bridgehead atoms. The number of hydrogen-bond acceptors (Lipinski definition) is 9. The van der Waals surface area contributed by atoms with E-state index in [9.17, 15) is 9.59 Å². The van der Waals surface area contributed by atoms with Gasteiger partial charge < -0.3 is 25.2 Å². The third kappa shape index (κ3) is 14.0. The predicted octanol–water partition coefficient (Wildman–Crippen LogP) is 2.68. The molecule has 9 heteroatoms. The first-order valence-corrected chi connectivity index (χ1v) is 13.7. The lowest BCUT2D eigenvalue weighted by Crippen LogP contribution is -2.53. The minimum absolute atomic E-state index is 0. The van der Waals surface area contributed by atoms with Crippen LogP contribution in [0, 0.1) is 0 Å². The first-order chi connectivity index (χ1) is 19.0. The maximum Gasteiger partial charge on any atom is 0.307 e. The minimum atomic E-state index is -0.147. The Morgan fingerprint density at radius 1 is 0.875 bits per heavy atom. The number of nitrogens with zero attached hydrogens (tertiary/aromatic N) is 2. The summed E-state index contributed by atoms with van der Waals surface area (Å²) in [4.78, 5) is 27.5. The van der Waals surface area contributed by atoms with Crippen molar-refractivity contribution in [3.8, 4) is 0 Å². The fraction of sp³-hybridized carbons (Fsp3) is 0.548. The molecule has 0 aromatic heterocycles. The molecule has 40 heavy (non-hydrogen) atoms. The monoisotopic (exact) mass is 558 g/mol.